The number of amides is 2. The summed E-state index contributed by atoms with van der Waals surface area (Å²) >= 11 is 6.60. The third-order valence-corrected chi connectivity index (χ3v) is 7.55. The van der Waals surface area contributed by atoms with Crippen LogP contribution in [-0.4, -0.2) is 78.2 Å². The van der Waals surface area contributed by atoms with E-state index in [2.05, 4.69) is 15.1 Å². The number of fused-ring (bicyclic) bond motifs is 2. The number of morpholine rings is 1. The Kier molecular flexibility index (Phi) is 7.32. The molecule has 0 spiro atoms. The van der Waals surface area contributed by atoms with Gasteiger partial charge in [-0.25, -0.2) is 0 Å². The Bertz CT molecular complexity index is 1080. The van der Waals surface area contributed by atoms with E-state index >= 15 is 0 Å². The fraction of sp³-hybridized carbons (Fsp3) is 0.538. The molecule has 1 aromatic carbocycles. The van der Waals surface area contributed by atoms with Crippen molar-refractivity contribution in [3.8, 4) is 0 Å². The van der Waals surface area contributed by atoms with Gasteiger partial charge in [0.2, 0.25) is 5.91 Å². The van der Waals surface area contributed by atoms with Gasteiger partial charge in [-0.15, -0.1) is 0 Å². The van der Waals surface area contributed by atoms with Crippen molar-refractivity contribution in [1.82, 2.24) is 14.4 Å². The lowest BCUT2D eigenvalue weighted by atomic mass is 10.1. The number of carbonyl (C=O) groups excluding carboxylic acids is 2. The average Bonchev–Trinajstić information content (AvgIpc) is 3.09. The maximum Gasteiger partial charge on any atom is 0.274 e. The first-order valence-electron chi connectivity index (χ1n) is 12.6. The zero-order valence-corrected chi connectivity index (χ0v) is 21.1. The number of anilines is 3. The molecule has 1 atom stereocenters. The fourth-order valence-corrected chi connectivity index (χ4v) is 5.89. The summed E-state index contributed by atoms with van der Waals surface area (Å²) in [5.74, 6) is -0.0127. The molecule has 1 N–H and O–H groups in total. The van der Waals surface area contributed by atoms with Crippen LogP contribution in [-0.2, 0) is 16.6 Å². The van der Waals surface area contributed by atoms with Gasteiger partial charge in [-0.3, -0.25) is 9.59 Å². The van der Waals surface area contributed by atoms with Crippen LogP contribution >= 0.6 is 11.6 Å². The second-order valence-corrected chi connectivity index (χ2v) is 10.1. The first-order valence-corrected chi connectivity index (χ1v) is 13.0. The molecule has 5 rings (SSSR count). The van der Waals surface area contributed by atoms with Crippen LogP contribution in [0.15, 0.2) is 30.5 Å². The Morgan fingerprint density at radius 1 is 1.17 bits per heavy atom. The zero-order chi connectivity index (χ0) is 24.4. The van der Waals surface area contributed by atoms with E-state index in [9.17, 15) is 9.59 Å². The lowest BCUT2D eigenvalue weighted by molar-refractivity contribution is -0.140. The van der Waals surface area contributed by atoms with Crippen LogP contribution in [0.4, 0.5) is 17.1 Å². The molecule has 35 heavy (non-hydrogen) atoms. The standard InChI is InChI=1S/C26H34ClN5O3/c1-29-17-20(27)24-25(29)26(34)28-21-8-3-4-9-22(21)32(24)13-7-10-23(33)31-14-15-35-18-19(31)16-30-11-5-2-6-12-30/h3-4,8-9,17,19H,2,5-7,10-16,18H2,1H3,(H,28,34). The minimum atomic E-state index is -0.186. The molecular formula is C26H34ClN5O3. The van der Waals surface area contributed by atoms with Gasteiger partial charge in [0.1, 0.15) is 5.69 Å². The van der Waals surface area contributed by atoms with Crippen LogP contribution in [0.25, 0.3) is 0 Å². The number of benzene rings is 1. The molecule has 4 heterocycles. The second-order valence-electron chi connectivity index (χ2n) is 9.69. The van der Waals surface area contributed by atoms with Crippen molar-refractivity contribution >= 4 is 40.5 Å². The van der Waals surface area contributed by atoms with Gasteiger partial charge >= 0.3 is 0 Å². The van der Waals surface area contributed by atoms with E-state index in [1.807, 2.05) is 36.2 Å². The summed E-state index contributed by atoms with van der Waals surface area (Å²) in [6, 6.07) is 7.84. The highest BCUT2D eigenvalue weighted by molar-refractivity contribution is 6.35. The number of nitrogens with zero attached hydrogens (tertiary/aromatic N) is 4. The van der Waals surface area contributed by atoms with Gasteiger partial charge in [0.15, 0.2) is 0 Å². The lowest BCUT2D eigenvalue weighted by Crippen LogP contribution is -2.54. The Balaban J connectivity index is 1.29. The second kappa shape index (κ2) is 10.6. The molecule has 0 aliphatic carbocycles. The summed E-state index contributed by atoms with van der Waals surface area (Å²) < 4.78 is 7.50. The van der Waals surface area contributed by atoms with Crippen LogP contribution in [0.1, 0.15) is 42.6 Å². The van der Waals surface area contributed by atoms with Gasteiger partial charge in [0, 0.05) is 39.3 Å². The molecule has 2 amide bonds. The van der Waals surface area contributed by atoms with E-state index in [1.165, 1.54) is 19.3 Å². The summed E-state index contributed by atoms with van der Waals surface area (Å²) in [5, 5.41) is 3.53. The van der Waals surface area contributed by atoms with Crippen molar-refractivity contribution < 1.29 is 14.3 Å². The van der Waals surface area contributed by atoms with E-state index in [0.717, 1.165) is 31.0 Å². The van der Waals surface area contributed by atoms with E-state index in [-0.39, 0.29) is 17.9 Å². The molecule has 2 aromatic rings. The zero-order valence-electron chi connectivity index (χ0n) is 20.3. The minimum Gasteiger partial charge on any atom is -0.377 e. The molecule has 1 aromatic heterocycles. The predicted octanol–water partition coefficient (Wildman–Crippen LogP) is 3.88. The third kappa shape index (κ3) is 5.06. The Hall–Kier alpha value is -2.55. The average molecular weight is 500 g/mol. The summed E-state index contributed by atoms with van der Waals surface area (Å²) in [6.07, 6.45) is 6.63. The molecule has 2 saturated heterocycles. The highest BCUT2D eigenvalue weighted by Crippen LogP contribution is 2.42. The number of hydrogen-bond donors (Lipinski definition) is 1. The van der Waals surface area contributed by atoms with Crippen LogP contribution in [0.5, 0.6) is 0 Å². The van der Waals surface area contributed by atoms with Crippen molar-refractivity contribution in [2.75, 3.05) is 56.2 Å². The number of nitrogens with one attached hydrogen (secondary N) is 1. The van der Waals surface area contributed by atoms with Crippen molar-refractivity contribution in [3.63, 3.8) is 0 Å². The maximum absolute atomic E-state index is 13.3. The topological polar surface area (TPSA) is 70.0 Å². The van der Waals surface area contributed by atoms with Crippen LogP contribution in [0.3, 0.4) is 0 Å². The van der Waals surface area contributed by atoms with Gasteiger partial charge in [-0.2, -0.15) is 0 Å². The smallest absolute Gasteiger partial charge is 0.274 e. The Morgan fingerprint density at radius 2 is 1.97 bits per heavy atom. The summed E-state index contributed by atoms with van der Waals surface area (Å²) in [4.78, 5) is 32.8. The number of likely N-dealkylation sites (tertiary alicyclic amines) is 1. The van der Waals surface area contributed by atoms with Crippen molar-refractivity contribution in [2.45, 2.75) is 38.1 Å². The number of carbonyl (C=O) groups is 2. The maximum atomic E-state index is 13.3. The first-order chi connectivity index (χ1) is 17.0. The first kappa shape index (κ1) is 24.2. The molecule has 3 aliphatic heterocycles. The highest BCUT2D eigenvalue weighted by atomic mass is 35.5. The van der Waals surface area contributed by atoms with Crippen LogP contribution < -0.4 is 10.2 Å². The molecule has 1 unspecified atom stereocenters. The number of rotatable bonds is 6. The number of para-hydroxylation sites is 2. The van der Waals surface area contributed by atoms with E-state index in [0.29, 0.717) is 55.5 Å². The van der Waals surface area contributed by atoms with Gasteiger partial charge in [-0.05, 0) is 44.5 Å². The monoisotopic (exact) mass is 499 g/mol. The number of ether oxygens (including phenoxy) is 1. The van der Waals surface area contributed by atoms with E-state index < -0.39 is 0 Å². The quantitative estimate of drug-likeness (QED) is 0.653. The third-order valence-electron chi connectivity index (χ3n) is 7.28. The number of hydrogen-bond acceptors (Lipinski definition) is 5. The summed E-state index contributed by atoms with van der Waals surface area (Å²) in [5.41, 5.74) is 2.84. The number of aryl methyl sites for hydroxylation is 1. The van der Waals surface area contributed by atoms with Crippen molar-refractivity contribution in [1.29, 1.82) is 0 Å². The minimum absolute atomic E-state index is 0.116. The molecular weight excluding hydrogens is 466 g/mol. The predicted molar refractivity (Wildman–Crippen MR) is 138 cm³/mol. The van der Waals surface area contributed by atoms with E-state index in [1.54, 1.807) is 10.8 Å². The molecule has 8 nitrogen and oxygen atoms in total. The lowest BCUT2D eigenvalue weighted by Gasteiger charge is -2.39. The van der Waals surface area contributed by atoms with Crippen LogP contribution in [0, 0.1) is 0 Å². The highest BCUT2D eigenvalue weighted by Gasteiger charge is 2.32. The molecule has 0 saturated carbocycles. The van der Waals surface area contributed by atoms with Gasteiger partial charge in [-0.1, -0.05) is 30.2 Å². The van der Waals surface area contributed by atoms with Crippen molar-refractivity contribution in [3.05, 3.63) is 41.2 Å². The largest absolute Gasteiger partial charge is 0.377 e. The van der Waals surface area contributed by atoms with Gasteiger partial charge < -0.3 is 29.3 Å². The summed E-state index contributed by atoms with van der Waals surface area (Å²) in [7, 11) is 1.82. The molecule has 0 radical (unpaired) electrons. The fourth-order valence-electron chi connectivity index (χ4n) is 5.56. The SMILES string of the molecule is Cn1cc(Cl)c2c1C(=O)Nc1ccccc1N2CCCC(=O)N1CCOCC1CN1CCCCC1. The van der Waals surface area contributed by atoms with E-state index in [4.69, 9.17) is 16.3 Å². The van der Waals surface area contributed by atoms with Gasteiger partial charge in [0.25, 0.3) is 5.91 Å². The molecule has 2 fully saturated rings. The van der Waals surface area contributed by atoms with Crippen molar-refractivity contribution in [2.24, 2.45) is 7.05 Å². The molecule has 188 valence electrons. The Labute approximate surface area is 211 Å². The Morgan fingerprint density at radius 3 is 2.80 bits per heavy atom. The molecule has 3 aliphatic rings. The molecule has 9 heteroatoms. The number of aromatic nitrogens is 1. The number of halogens is 1. The number of piperidine rings is 1. The summed E-state index contributed by atoms with van der Waals surface area (Å²) in [6.45, 7) is 5.55. The van der Waals surface area contributed by atoms with Crippen LogP contribution in [0.2, 0.25) is 5.02 Å². The molecule has 0 bridgehead atoms. The van der Waals surface area contributed by atoms with Gasteiger partial charge in [0.05, 0.1) is 41.3 Å². The normalized spacial score (nSPS) is 20.7.